The fourth-order valence-electron chi connectivity index (χ4n) is 2.91. The van der Waals surface area contributed by atoms with Crippen LogP contribution in [0.1, 0.15) is 41.6 Å². The summed E-state index contributed by atoms with van der Waals surface area (Å²) in [5, 5.41) is 5.84. The van der Waals surface area contributed by atoms with Crippen LogP contribution in [0.5, 0.6) is 0 Å². The van der Waals surface area contributed by atoms with E-state index in [2.05, 4.69) is 10.6 Å². The highest BCUT2D eigenvalue weighted by Crippen LogP contribution is 2.20. The van der Waals surface area contributed by atoms with E-state index in [-0.39, 0.29) is 30.1 Å². The molecule has 7 heteroatoms. The third-order valence-electron chi connectivity index (χ3n) is 4.65. The highest BCUT2D eigenvalue weighted by atomic mass is 35.5. The summed E-state index contributed by atoms with van der Waals surface area (Å²) in [6.45, 7) is 1.72. The fraction of sp³-hybridized carbons (Fsp3) is 0.556. The lowest BCUT2D eigenvalue weighted by Crippen LogP contribution is -2.46. The summed E-state index contributed by atoms with van der Waals surface area (Å²) in [6.07, 6.45) is 3.77. The lowest BCUT2D eigenvalue weighted by molar-refractivity contribution is -0.124. The molecular weight excluding hydrogens is 342 g/mol. The van der Waals surface area contributed by atoms with Crippen molar-refractivity contribution in [2.75, 3.05) is 13.2 Å². The number of benzene rings is 1. The number of hydrogen-bond donors (Lipinski definition) is 3. The Hall–Kier alpha value is -1.63. The van der Waals surface area contributed by atoms with Gasteiger partial charge in [-0.1, -0.05) is 12.1 Å². The third-order valence-corrected chi connectivity index (χ3v) is 4.65. The average Bonchev–Trinajstić information content (AvgIpc) is 3.44. The molecule has 1 aliphatic heterocycles. The van der Waals surface area contributed by atoms with Crippen molar-refractivity contribution < 1.29 is 14.3 Å². The second kappa shape index (κ2) is 9.17. The Morgan fingerprint density at radius 2 is 1.92 bits per heavy atom. The molecule has 6 nitrogen and oxygen atoms in total. The van der Waals surface area contributed by atoms with Crippen molar-refractivity contribution in [3.05, 3.63) is 35.4 Å². The predicted molar refractivity (Wildman–Crippen MR) is 97.5 cm³/mol. The van der Waals surface area contributed by atoms with Gasteiger partial charge >= 0.3 is 0 Å². The van der Waals surface area contributed by atoms with Gasteiger partial charge in [-0.15, -0.1) is 12.4 Å². The molecule has 2 amide bonds. The van der Waals surface area contributed by atoms with E-state index in [1.54, 1.807) is 6.07 Å². The molecule has 1 aliphatic carbocycles. The molecule has 1 heterocycles. The predicted octanol–water partition coefficient (Wildman–Crippen LogP) is 1.37. The summed E-state index contributed by atoms with van der Waals surface area (Å²) in [6, 6.07) is 7.17. The maximum Gasteiger partial charge on any atom is 0.251 e. The van der Waals surface area contributed by atoms with E-state index >= 15 is 0 Å². The van der Waals surface area contributed by atoms with E-state index in [0.717, 1.165) is 31.2 Å². The van der Waals surface area contributed by atoms with Gasteiger partial charge in [0, 0.05) is 31.4 Å². The average molecular weight is 368 g/mol. The number of hydrogen-bond acceptors (Lipinski definition) is 4. The van der Waals surface area contributed by atoms with Crippen LogP contribution in [0.15, 0.2) is 24.3 Å². The van der Waals surface area contributed by atoms with Crippen LogP contribution < -0.4 is 16.4 Å². The Balaban J connectivity index is 0.00000225. The number of carbonyl (C=O) groups is 2. The number of amides is 2. The van der Waals surface area contributed by atoms with Gasteiger partial charge in [0.25, 0.3) is 5.91 Å². The molecule has 25 heavy (non-hydrogen) atoms. The maximum atomic E-state index is 12.2. The maximum absolute atomic E-state index is 12.2. The Labute approximate surface area is 154 Å². The number of rotatable bonds is 6. The van der Waals surface area contributed by atoms with Gasteiger partial charge in [0.1, 0.15) is 0 Å². The standard InChI is InChI=1S/C18H25N3O3.ClH/c19-16(13-6-8-24-9-7-13)18(23)20-11-12-2-1-3-14(10-12)17(22)21-15-4-5-15;/h1-3,10,13,15-16H,4-9,11,19H2,(H,20,23)(H,21,22);1H. The second-order valence-corrected chi connectivity index (χ2v) is 6.64. The number of nitrogens with two attached hydrogens (primary N) is 1. The van der Waals surface area contributed by atoms with Crippen molar-refractivity contribution in [3.63, 3.8) is 0 Å². The number of carbonyl (C=O) groups excluding carboxylic acids is 2. The minimum atomic E-state index is -0.504. The first-order valence-corrected chi connectivity index (χ1v) is 8.64. The molecule has 2 fully saturated rings. The quantitative estimate of drug-likeness (QED) is 0.708. The highest BCUT2D eigenvalue weighted by Gasteiger charge is 2.26. The summed E-state index contributed by atoms with van der Waals surface area (Å²) in [5.41, 5.74) is 7.59. The molecule has 2 aliphatic rings. The van der Waals surface area contributed by atoms with Gasteiger partial charge in [-0.25, -0.2) is 0 Å². The minimum Gasteiger partial charge on any atom is -0.381 e. The Morgan fingerprint density at radius 3 is 2.60 bits per heavy atom. The second-order valence-electron chi connectivity index (χ2n) is 6.64. The zero-order chi connectivity index (χ0) is 16.9. The molecular formula is C18H26ClN3O3. The summed E-state index contributed by atoms with van der Waals surface area (Å²) in [4.78, 5) is 24.3. The third kappa shape index (κ3) is 5.70. The highest BCUT2D eigenvalue weighted by molar-refractivity contribution is 5.94. The monoisotopic (exact) mass is 367 g/mol. The minimum absolute atomic E-state index is 0. The molecule has 0 bridgehead atoms. The van der Waals surface area contributed by atoms with E-state index in [4.69, 9.17) is 10.5 Å². The van der Waals surface area contributed by atoms with E-state index in [1.165, 1.54) is 0 Å². The first kappa shape index (κ1) is 19.7. The van der Waals surface area contributed by atoms with Crippen LogP contribution in [0, 0.1) is 5.92 Å². The van der Waals surface area contributed by atoms with Crippen LogP contribution in [-0.2, 0) is 16.1 Å². The van der Waals surface area contributed by atoms with Crippen molar-refractivity contribution in [1.82, 2.24) is 10.6 Å². The van der Waals surface area contributed by atoms with E-state index in [9.17, 15) is 9.59 Å². The van der Waals surface area contributed by atoms with Crippen molar-refractivity contribution >= 4 is 24.2 Å². The normalized spacial score (nSPS) is 18.8. The van der Waals surface area contributed by atoms with E-state index in [0.29, 0.717) is 31.4 Å². The molecule has 1 atom stereocenters. The Bertz CT molecular complexity index is 601. The van der Waals surface area contributed by atoms with Crippen LogP contribution in [0.3, 0.4) is 0 Å². The molecule has 0 aromatic heterocycles. The Kier molecular flexibility index (Phi) is 7.23. The van der Waals surface area contributed by atoms with E-state index < -0.39 is 6.04 Å². The van der Waals surface area contributed by atoms with Gasteiger partial charge in [-0.3, -0.25) is 9.59 Å². The molecule has 138 valence electrons. The summed E-state index contributed by atoms with van der Waals surface area (Å²) in [7, 11) is 0. The zero-order valence-electron chi connectivity index (χ0n) is 14.2. The molecule has 3 rings (SSSR count). The van der Waals surface area contributed by atoms with Crippen molar-refractivity contribution in [2.24, 2.45) is 11.7 Å². The summed E-state index contributed by atoms with van der Waals surface area (Å²) < 4.78 is 5.30. The molecule has 1 aromatic rings. The van der Waals surface area contributed by atoms with Crippen LogP contribution in [0.2, 0.25) is 0 Å². The van der Waals surface area contributed by atoms with Crippen molar-refractivity contribution in [1.29, 1.82) is 0 Å². The van der Waals surface area contributed by atoms with Gasteiger partial charge in [0.15, 0.2) is 0 Å². The number of nitrogens with one attached hydrogen (secondary N) is 2. The zero-order valence-corrected chi connectivity index (χ0v) is 15.0. The van der Waals surface area contributed by atoms with Gasteiger partial charge in [-0.05, 0) is 49.3 Å². The van der Waals surface area contributed by atoms with Crippen LogP contribution >= 0.6 is 12.4 Å². The largest absolute Gasteiger partial charge is 0.381 e. The number of ether oxygens (including phenoxy) is 1. The van der Waals surface area contributed by atoms with Gasteiger partial charge in [0.2, 0.25) is 5.91 Å². The SMILES string of the molecule is Cl.NC(C(=O)NCc1cccc(C(=O)NC2CC2)c1)C1CCOCC1. The smallest absolute Gasteiger partial charge is 0.251 e. The number of halogens is 1. The molecule has 1 saturated heterocycles. The molecule has 0 spiro atoms. The van der Waals surface area contributed by atoms with E-state index in [1.807, 2.05) is 18.2 Å². The molecule has 1 saturated carbocycles. The van der Waals surface area contributed by atoms with Gasteiger partial charge in [0.05, 0.1) is 6.04 Å². The summed E-state index contributed by atoms with van der Waals surface area (Å²) in [5.74, 6) is -0.0197. The van der Waals surface area contributed by atoms with Gasteiger partial charge in [-0.2, -0.15) is 0 Å². The molecule has 0 radical (unpaired) electrons. The van der Waals surface area contributed by atoms with Crippen molar-refractivity contribution in [3.8, 4) is 0 Å². The van der Waals surface area contributed by atoms with Crippen LogP contribution in [0.4, 0.5) is 0 Å². The topological polar surface area (TPSA) is 93.5 Å². The Morgan fingerprint density at radius 1 is 1.20 bits per heavy atom. The fourth-order valence-corrected chi connectivity index (χ4v) is 2.91. The lowest BCUT2D eigenvalue weighted by Gasteiger charge is -2.26. The van der Waals surface area contributed by atoms with Gasteiger partial charge < -0.3 is 21.1 Å². The van der Waals surface area contributed by atoms with Crippen molar-refractivity contribution in [2.45, 2.75) is 44.3 Å². The molecule has 1 unspecified atom stereocenters. The first-order chi connectivity index (χ1) is 11.6. The van der Waals surface area contributed by atoms with Crippen LogP contribution in [-0.4, -0.2) is 37.1 Å². The van der Waals surface area contributed by atoms with Crippen LogP contribution in [0.25, 0.3) is 0 Å². The summed E-state index contributed by atoms with van der Waals surface area (Å²) >= 11 is 0. The first-order valence-electron chi connectivity index (χ1n) is 8.64. The lowest BCUT2D eigenvalue weighted by atomic mass is 9.92. The molecule has 4 N–H and O–H groups in total. The molecule has 1 aromatic carbocycles.